The molecule has 27 heavy (non-hydrogen) atoms. The van der Waals surface area contributed by atoms with Gasteiger partial charge in [0, 0.05) is 44.1 Å². The fourth-order valence-corrected chi connectivity index (χ4v) is 3.31. The summed E-state index contributed by atoms with van der Waals surface area (Å²) in [5.74, 6) is 1.38. The zero-order valence-corrected chi connectivity index (χ0v) is 15.1. The molecule has 3 heterocycles. The Morgan fingerprint density at radius 3 is 2.70 bits per heavy atom. The predicted octanol–water partition coefficient (Wildman–Crippen LogP) is 1.58. The van der Waals surface area contributed by atoms with E-state index in [2.05, 4.69) is 20.4 Å². The van der Waals surface area contributed by atoms with E-state index in [0.717, 1.165) is 38.8 Å². The Morgan fingerprint density at radius 1 is 1.19 bits per heavy atom. The lowest BCUT2D eigenvalue weighted by Gasteiger charge is -2.32. The third kappa shape index (κ3) is 4.50. The van der Waals surface area contributed by atoms with Crippen LogP contribution < -0.4 is 5.32 Å². The second-order valence-electron chi connectivity index (χ2n) is 7.17. The maximum absolute atomic E-state index is 12.2. The van der Waals surface area contributed by atoms with Crippen LogP contribution in [-0.2, 0) is 16.0 Å². The van der Waals surface area contributed by atoms with E-state index in [1.165, 1.54) is 0 Å². The lowest BCUT2D eigenvalue weighted by atomic mass is 10.0. The number of carbonyl (C=O) groups excluding carboxylic acids is 2. The molecule has 0 aromatic carbocycles. The van der Waals surface area contributed by atoms with E-state index >= 15 is 0 Å². The minimum Gasteiger partial charge on any atom is -0.353 e. The lowest BCUT2D eigenvalue weighted by Crippen LogP contribution is -2.47. The number of amides is 2. The summed E-state index contributed by atoms with van der Waals surface area (Å²) >= 11 is 0. The SMILES string of the molecule is O=C(CCc1nc(-c2ccccn2)no1)NC1CCN(C(=O)C2CC2)CC1. The van der Waals surface area contributed by atoms with Crippen molar-refractivity contribution >= 4 is 11.8 Å². The zero-order valence-electron chi connectivity index (χ0n) is 15.1. The second kappa shape index (κ2) is 7.85. The molecule has 2 aromatic rings. The molecule has 1 N–H and O–H groups in total. The van der Waals surface area contributed by atoms with Crippen LogP contribution in [0.15, 0.2) is 28.9 Å². The van der Waals surface area contributed by atoms with Gasteiger partial charge in [-0.3, -0.25) is 14.6 Å². The summed E-state index contributed by atoms with van der Waals surface area (Å²) in [6.07, 6.45) is 6.06. The van der Waals surface area contributed by atoms with E-state index < -0.39 is 0 Å². The van der Waals surface area contributed by atoms with Crippen LogP contribution in [0.1, 0.15) is 38.0 Å². The van der Waals surface area contributed by atoms with Gasteiger partial charge in [0.05, 0.1) is 0 Å². The largest absolute Gasteiger partial charge is 0.353 e. The van der Waals surface area contributed by atoms with Crippen molar-refractivity contribution in [3.8, 4) is 11.5 Å². The monoisotopic (exact) mass is 369 g/mol. The molecular weight excluding hydrogens is 346 g/mol. The van der Waals surface area contributed by atoms with Gasteiger partial charge in [-0.1, -0.05) is 11.2 Å². The van der Waals surface area contributed by atoms with E-state index in [1.54, 1.807) is 6.20 Å². The van der Waals surface area contributed by atoms with Crippen LogP contribution in [0.25, 0.3) is 11.5 Å². The number of likely N-dealkylation sites (tertiary alicyclic amines) is 1. The maximum Gasteiger partial charge on any atom is 0.227 e. The number of hydrogen-bond donors (Lipinski definition) is 1. The molecule has 2 fully saturated rings. The summed E-state index contributed by atoms with van der Waals surface area (Å²) in [5.41, 5.74) is 0.643. The molecule has 1 aliphatic heterocycles. The first-order valence-electron chi connectivity index (χ1n) is 9.51. The van der Waals surface area contributed by atoms with Gasteiger partial charge in [0.15, 0.2) is 0 Å². The molecule has 1 saturated heterocycles. The van der Waals surface area contributed by atoms with Gasteiger partial charge in [0.1, 0.15) is 5.69 Å². The van der Waals surface area contributed by atoms with Gasteiger partial charge in [-0.2, -0.15) is 4.98 Å². The topological polar surface area (TPSA) is 101 Å². The van der Waals surface area contributed by atoms with Gasteiger partial charge in [-0.05, 0) is 37.8 Å². The molecule has 2 amide bonds. The van der Waals surface area contributed by atoms with Crippen LogP contribution in [0.5, 0.6) is 0 Å². The Morgan fingerprint density at radius 2 is 2.00 bits per heavy atom. The van der Waals surface area contributed by atoms with Crippen LogP contribution in [-0.4, -0.2) is 51.0 Å². The van der Waals surface area contributed by atoms with Crippen LogP contribution >= 0.6 is 0 Å². The molecule has 2 aliphatic rings. The highest BCUT2D eigenvalue weighted by Crippen LogP contribution is 2.31. The highest BCUT2D eigenvalue weighted by Gasteiger charge is 2.35. The number of aromatic nitrogens is 3. The highest BCUT2D eigenvalue weighted by molar-refractivity contribution is 5.81. The summed E-state index contributed by atoms with van der Waals surface area (Å²) in [6, 6.07) is 5.62. The summed E-state index contributed by atoms with van der Waals surface area (Å²) in [5, 5.41) is 6.96. The van der Waals surface area contributed by atoms with E-state index in [4.69, 9.17) is 4.52 Å². The number of aryl methyl sites for hydroxylation is 1. The minimum absolute atomic E-state index is 0.0282. The highest BCUT2D eigenvalue weighted by atomic mass is 16.5. The Bertz CT molecular complexity index is 795. The van der Waals surface area contributed by atoms with Crippen LogP contribution in [0.3, 0.4) is 0 Å². The van der Waals surface area contributed by atoms with Crippen molar-refractivity contribution in [2.45, 2.75) is 44.6 Å². The van der Waals surface area contributed by atoms with Crippen molar-refractivity contribution in [1.29, 1.82) is 0 Å². The molecule has 0 atom stereocenters. The minimum atomic E-state index is -0.0282. The number of hydrogen-bond acceptors (Lipinski definition) is 6. The molecule has 2 aromatic heterocycles. The molecule has 142 valence electrons. The van der Waals surface area contributed by atoms with Crippen LogP contribution in [0.2, 0.25) is 0 Å². The Kier molecular flexibility index (Phi) is 5.13. The molecule has 0 bridgehead atoms. The van der Waals surface area contributed by atoms with E-state index in [-0.39, 0.29) is 17.9 Å². The normalized spacial score (nSPS) is 17.7. The van der Waals surface area contributed by atoms with Crippen molar-refractivity contribution in [1.82, 2.24) is 25.3 Å². The third-order valence-corrected chi connectivity index (χ3v) is 5.03. The molecule has 8 nitrogen and oxygen atoms in total. The van der Waals surface area contributed by atoms with Crippen LogP contribution in [0.4, 0.5) is 0 Å². The van der Waals surface area contributed by atoms with E-state index in [9.17, 15) is 9.59 Å². The van der Waals surface area contributed by atoms with Crippen molar-refractivity contribution in [3.63, 3.8) is 0 Å². The lowest BCUT2D eigenvalue weighted by molar-refractivity contribution is -0.133. The average molecular weight is 369 g/mol. The van der Waals surface area contributed by atoms with Crippen LogP contribution in [0, 0.1) is 5.92 Å². The number of piperidine rings is 1. The number of pyridine rings is 1. The number of nitrogens with zero attached hydrogens (tertiary/aromatic N) is 4. The summed E-state index contributed by atoms with van der Waals surface area (Å²) in [7, 11) is 0. The number of rotatable bonds is 6. The molecule has 1 saturated carbocycles. The van der Waals surface area contributed by atoms with Crippen molar-refractivity contribution < 1.29 is 14.1 Å². The first-order chi connectivity index (χ1) is 13.2. The summed E-state index contributed by atoms with van der Waals surface area (Å²) < 4.78 is 5.20. The molecule has 4 rings (SSSR count). The van der Waals surface area contributed by atoms with Gasteiger partial charge in [0.2, 0.25) is 23.5 Å². The number of nitrogens with one attached hydrogen (secondary N) is 1. The zero-order chi connectivity index (χ0) is 18.6. The van der Waals surface area contributed by atoms with Crippen molar-refractivity contribution in [2.75, 3.05) is 13.1 Å². The molecule has 1 aliphatic carbocycles. The molecular formula is C19H23N5O3. The first kappa shape index (κ1) is 17.6. The molecule has 0 radical (unpaired) electrons. The Balaban J connectivity index is 1.20. The third-order valence-electron chi connectivity index (χ3n) is 5.03. The summed E-state index contributed by atoms with van der Waals surface area (Å²) in [4.78, 5) is 34.7. The maximum atomic E-state index is 12.2. The standard InChI is InChI=1S/C19H23N5O3/c25-16(21-14-8-11-24(12-9-14)19(26)13-4-5-13)6-7-17-22-18(23-27-17)15-3-1-2-10-20-15/h1-3,10,13-14H,4-9,11-12H2,(H,21,25). The molecule has 0 unspecified atom stereocenters. The predicted molar refractivity (Wildman–Crippen MR) is 96.3 cm³/mol. The van der Waals surface area contributed by atoms with Crippen molar-refractivity contribution in [3.05, 3.63) is 30.3 Å². The smallest absolute Gasteiger partial charge is 0.227 e. The molecule has 0 spiro atoms. The molecule has 8 heteroatoms. The average Bonchev–Trinajstić information content (AvgIpc) is 3.45. The van der Waals surface area contributed by atoms with E-state index in [0.29, 0.717) is 36.2 Å². The van der Waals surface area contributed by atoms with Gasteiger partial charge in [0.25, 0.3) is 0 Å². The fraction of sp³-hybridized carbons (Fsp3) is 0.526. The summed E-state index contributed by atoms with van der Waals surface area (Å²) in [6.45, 7) is 1.47. The first-order valence-corrected chi connectivity index (χ1v) is 9.51. The van der Waals surface area contributed by atoms with Gasteiger partial charge in [-0.15, -0.1) is 0 Å². The van der Waals surface area contributed by atoms with Gasteiger partial charge in [-0.25, -0.2) is 0 Å². The van der Waals surface area contributed by atoms with Crippen molar-refractivity contribution in [2.24, 2.45) is 5.92 Å². The van der Waals surface area contributed by atoms with E-state index in [1.807, 2.05) is 23.1 Å². The fourth-order valence-electron chi connectivity index (χ4n) is 3.31. The second-order valence-corrected chi connectivity index (χ2v) is 7.17. The van der Waals surface area contributed by atoms with Gasteiger partial charge < -0.3 is 14.7 Å². The Labute approximate surface area is 157 Å². The number of carbonyl (C=O) groups is 2. The van der Waals surface area contributed by atoms with Gasteiger partial charge >= 0.3 is 0 Å². The quantitative estimate of drug-likeness (QED) is 0.830. The Hall–Kier alpha value is -2.77.